The van der Waals surface area contributed by atoms with Crippen molar-refractivity contribution in [1.29, 1.82) is 0 Å². The molecule has 5 aliphatic rings. The number of hydrogen-bond acceptors (Lipinski definition) is 2. The van der Waals surface area contributed by atoms with Crippen molar-refractivity contribution >= 4 is 17.1 Å². The fourth-order valence-corrected chi connectivity index (χ4v) is 8.82. The number of benzene rings is 3. The highest BCUT2D eigenvalue weighted by atomic mass is 15.2. The van der Waals surface area contributed by atoms with Gasteiger partial charge in [0, 0.05) is 39.7 Å². The van der Waals surface area contributed by atoms with Crippen molar-refractivity contribution < 1.29 is 0 Å². The summed E-state index contributed by atoms with van der Waals surface area (Å²) in [5, 5.41) is 0. The first kappa shape index (κ1) is 31.4. The molecule has 0 radical (unpaired) electrons. The van der Waals surface area contributed by atoms with Crippen LogP contribution in [0.15, 0.2) is 169 Å². The molecule has 3 aromatic carbocycles. The van der Waals surface area contributed by atoms with Crippen LogP contribution in [0.1, 0.15) is 62.6 Å². The molecule has 0 aromatic heterocycles. The molecule has 5 unspecified atom stereocenters. The standard InChI is InChI=1S/C47H48N2/c1-34-22-28-40(29-23-34)48(38-16-6-4-7-17-38)45-32-44-36-14-10-11-15-37(27-26-36)46(33-47(44,3)43-21-13-12-20-42(43)45)49(39-18-8-5-9-19-39)41-30-24-35(2)25-31-41/h4,6-8,10-25,28-30,32-33,36-37,41,44H,5,9,26-27,31H2,1-3H3/b14-10-,15-11-,46-33+. The van der Waals surface area contributed by atoms with Crippen LogP contribution < -0.4 is 4.90 Å². The average molecular weight is 641 g/mol. The van der Waals surface area contributed by atoms with Crippen molar-refractivity contribution in [2.24, 2.45) is 17.8 Å². The lowest BCUT2D eigenvalue weighted by Gasteiger charge is -2.49. The van der Waals surface area contributed by atoms with Crippen LogP contribution >= 0.6 is 0 Å². The Kier molecular flexibility index (Phi) is 8.50. The molecule has 2 bridgehead atoms. The number of hydrogen-bond donors (Lipinski definition) is 0. The molecule has 0 heterocycles. The Hall–Kier alpha value is -4.82. The van der Waals surface area contributed by atoms with E-state index < -0.39 is 0 Å². The normalized spacial score (nSPS) is 29.3. The summed E-state index contributed by atoms with van der Waals surface area (Å²) in [7, 11) is 0. The van der Waals surface area contributed by atoms with Gasteiger partial charge < -0.3 is 9.80 Å². The number of fused-ring (bicyclic) bond motifs is 7. The molecule has 246 valence electrons. The Morgan fingerprint density at radius 1 is 0.735 bits per heavy atom. The number of allylic oxidation sites excluding steroid dienone is 11. The van der Waals surface area contributed by atoms with Crippen LogP contribution in [0.5, 0.6) is 0 Å². The summed E-state index contributed by atoms with van der Waals surface area (Å²) in [4.78, 5) is 5.20. The van der Waals surface area contributed by atoms with Gasteiger partial charge in [-0.15, -0.1) is 0 Å². The summed E-state index contributed by atoms with van der Waals surface area (Å²) in [6, 6.07) is 29.5. The SMILES string of the molecule is CC1=CCC(N(C2=CCCC=C2)/C2=C/C3(C)c4ccccc4C(N(c4ccccc4)c4ccc(C)cc4)=CC3C3/C=C\C=C/C2CC3)C=C1. The van der Waals surface area contributed by atoms with Crippen molar-refractivity contribution in [3.8, 4) is 0 Å². The number of rotatable bonds is 6. The average Bonchev–Trinajstić information content (AvgIpc) is 3.12. The Morgan fingerprint density at radius 2 is 1.51 bits per heavy atom. The molecular weight excluding hydrogens is 593 g/mol. The van der Waals surface area contributed by atoms with Crippen molar-refractivity contribution in [1.82, 2.24) is 4.90 Å². The van der Waals surface area contributed by atoms with Gasteiger partial charge in [0.15, 0.2) is 0 Å². The molecule has 0 saturated heterocycles. The molecular formula is C47H48N2. The van der Waals surface area contributed by atoms with Crippen molar-refractivity contribution in [3.05, 3.63) is 185 Å². The molecule has 3 aromatic rings. The summed E-state index contributed by atoms with van der Waals surface area (Å²) < 4.78 is 0. The van der Waals surface area contributed by atoms with Gasteiger partial charge in [0.1, 0.15) is 0 Å². The Morgan fingerprint density at radius 3 is 2.29 bits per heavy atom. The van der Waals surface area contributed by atoms with Crippen molar-refractivity contribution in [3.63, 3.8) is 0 Å². The van der Waals surface area contributed by atoms with Crippen LogP contribution in [0.4, 0.5) is 11.4 Å². The van der Waals surface area contributed by atoms with Crippen LogP contribution in [-0.2, 0) is 5.41 Å². The second-order valence-corrected chi connectivity index (χ2v) is 14.7. The van der Waals surface area contributed by atoms with Gasteiger partial charge in [0.25, 0.3) is 0 Å². The lowest BCUT2D eigenvalue weighted by molar-refractivity contribution is 0.261. The van der Waals surface area contributed by atoms with Gasteiger partial charge in [0.2, 0.25) is 0 Å². The van der Waals surface area contributed by atoms with Gasteiger partial charge in [-0.05, 0) is 93.7 Å². The largest absolute Gasteiger partial charge is 0.338 e. The van der Waals surface area contributed by atoms with E-state index in [1.165, 1.54) is 50.7 Å². The third kappa shape index (κ3) is 5.92. The maximum Gasteiger partial charge on any atom is 0.0556 e. The minimum absolute atomic E-state index is 0.217. The lowest BCUT2D eigenvalue weighted by Crippen LogP contribution is -2.43. The highest BCUT2D eigenvalue weighted by molar-refractivity contribution is 5.90. The van der Waals surface area contributed by atoms with Gasteiger partial charge in [-0.1, -0.05) is 139 Å². The maximum absolute atomic E-state index is 2.71. The molecule has 0 fully saturated rings. The van der Waals surface area contributed by atoms with Gasteiger partial charge in [-0.25, -0.2) is 0 Å². The lowest BCUT2D eigenvalue weighted by atomic mass is 9.59. The fourth-order valence-electron chi connectivity index (χ4n) is 8.82. The van der Waals surface area contributed by atoms with Crippen LogP contribution in [0.25, 0.3) is 5.70 Å². The highest BCUT2D eigenvalue weighted by Crippen LogP contribution is 2.54. The van der Waals surface area contributed by atoms with Gasteiger partial charge in [0.05, 0.1) is 11.7 Å². The summed E-state index contributed by atoms with van der Waals surface area (Å²) in [5.41, 5.74) is 11.6. The first-order chi connectivity index (χ1) is 24.0. The Bertz CT molecular complexity index is 1950. The second kappa shape index (κ2) is 13.2. The number of aryl methyl sites for hydroxylation is 1. The molecule has 0 N–H and O–H groups in total. The van der Waals surface area contributed by atoms with Gasteiger partial charge in [-0.3, -0.25) is 0 Å². The zero-order valence-electron chi connectivity index (χ0n) is 29.2. The van der Waals surface area contributed by atoms with Gasteiger partial charge >= 0.3 is 0 Å². The van der Waals surface area contributed by atoms with E-state index in [1.807, 2.05) is 0 Å². The first-order valence-electron chi connectivity index (χ1n) is 18.3. The van der Waals surface area contributed by atoms with E-state index in [4.69, 9.17) is 0 Å². The highest BCUT2D eigenvalue weighted by Gasteiger charge is 2.46. The number of anilines is 2. The van der Waals surface area contributed by atoms with E-state index in [0.29, 0.717) is 11.8 Å². The quantitative estimate of drug-likeness (QED) is 0.264. The summed E-state index contributed by atoms with van der Waals surface area (Å²) in [6.45, 7) is 6.92. The summed E-state index contributed by atoms with van der Waals surface area (Å²) in [6.07, 6.45) is 34.9. The predicted octanol–water partition coefficient (Wildman–Crippen LogP) is 11.9. The molecule has 0 saturated carbocycles. The molecule has 0 spiro atoms. The first-order valence-corrected chi connectivity index (χ1v) is 18.3. The van der Waals surface area contributed by atoms with E-state index in [0.717, 1.165) is 32.1 Å². The molecule has 0 amide bonds. The topological polar surface area (TPSA) is 6.48 Å². The van der Waals surface area contributed by atoms with Crippen LogP contribution in [0.3, 0.4) is 0 Å². The zero-order chi connectivity index (χ0) is 33.4. The third-order valence-corrected chi connectivity index (χ3v) is 11.4. The maximum atomic E-state index is 2.71. The van der Waals surface area contributed by atoms with Crippen LogP contribution in [0, 0.1) is 24.7 Å². The number of para-hydroxylation sites is 1. The van der Waals surface area contributed by atoms with E-state index in [2.05, 4.69) is 182 Å². The molecule has 49 heavy (non-hydrogen) atoms. The zero-order valence-corrected chi connectivity index (χ0v) is 29.2. The number of nitrogens with zero attached hydrogens (tertiary/aromatic N) is 2. The summed E-state index contributed by atoms with van der Waals surface area (Å²) in [5.74, 6) is 1.03. The minimum atomic E-state index is -0.217. The second-order valence-electron chi connectivity index (χ2n) is 14.7. The van der Waals surface area contributed by atoms with Crippen molar-refractivity contribution in [2.45, 2.75) is 64.3 Å². The predicted molar refractivity (Wildman–Crippen MR) is 207 cm³/mol. The van der Waals surface area contributed by atoms with Crippen LogP contribution in [0.2, 0.25) is 0 Å². The fraction of sp³-hybridized carbons (Fsp3) is 0.277. The smallest absolute Gasteiger partial charge is 0.0556 e. The molecule has 5 atom stereocenters. The monoisotopic (exact) mass is 640 g/mol. The molecule has 2 nitrogen and oxygen atoms in total. The van der Waals surface area contributed by atoms with E-state index >= 15 is 0 Å². The Balaban J connectivity index is 1.36. The van der Waals surface area contributed by atoms with Crippen molar-refractivity contribution in [2.75, 3.05) is 4.90 Å². The molecule has 2 heteroatoms. The minimum Gasteiger partial charge on any atom is -0.338 e. The van der Waals surface area contributed by atoms with E-state index in [1.54, 1.807) is 0 Å². The molecule has 0 aliphatic heterocycles. The van der Waals surface area contributed by atoms with E-state index in [-0.39, 0.29) is 17.4 Å². The molecule has 5 aliphatic carbocycles. The van der Waals surface area contributed by atoms with Crippen LogP contribution in [-0.4, -0.2) is 10.9 Å². The summed E-state index contributed by atoms with van der Waals surface area (Å²) >= 11 is 0. The Labute approximate surface area is 293 Å². The third-order valence-electron chi connectivity index (χ3n) is 11.4. The molecule has 8 rings (SSSR count). The van der Waals surface area contributed by atoms with Gasteiger partial charge in [-0.2, -0.15) is 0 Å². The van der Waals surface area contributed by atoms with E-state index in [9.17, 15) is 0 Å².